The molecule has 1 N–H and O–H groups in total. The molecule has 3 nitrogen and oxygen atoms in total. The fraction of sp³-hybridized carbons (Fsp3) is 0.294. The number of benzene rings is 2. The molecule has 0 amide bonds. The second kappa shape index (κ2) is 7.48. The van der Waals surface area contributed by atoms with Crippen molar-refractivity contribution in [3.8, 4) is 17.2 Å². The minimum atomic E-state index is 0.776. The third-order valence-corrected chi connectivity index (χ3v) is 3.80. The van der Waals surface area contributed by atoms with Gasteiger partial charge in [0.1, 0.15) is 17.2 Å². The summed E-state index contributed by atoms with van der Waals surface area (Å²) < 4.78 is 12.0. The second-order valence-corrected chi connectivity index (χ2v) is 5.63. The second-order valence-electron chi connectivity index (χ2n) is 4.78. The molecule has 0 fully saturated rings. The highest BCUT2D eigenvalue weighted by Gasteiger charge is 2.07. The van der Waals surface area contributed by atoms with E-state index in [2.05, 4.69) is 47.2 Å². The van der Waals surface area contributed by atoms with Crippen molar-refractivity contribution in [3.05, 3.63) is 52.0 Å². The van der Waals surface area contributed by atoms with Crippen LogP contribution in [0.2, 0.25) is 0 Å². The van der Waals surface area contributed by atoms with Gasteiger partial charge < -0.3 is 14.8 Å². The summed E-state index contributed by atoms with van der Waals surface area (Å²) in [5.74, 6) is 2.44. The highest BCUT2D eigenvalue weighted by molar-refractivity contribution is 9.10. The van der Waals surface area contributed by atoms with Gasteiger partial charge in [-0.15, -0.1) is 0 Å². The Morgan fingerprint density at radius 1 is 1.10 bits per heavy atom. The Balaban J connectivity index is 2.16. The van der Waals surface area contributed by atoms with E-state index in [-0.39, 0.29) is 0 Å². The molecule has 0 aromatic heterocycles. The monoisotopic (exact) mass is 349 g/mol. The van der Waals surface area contributed by atoms with E-state index in [1.54, 1.807) is 7.11 Å². The molecule has 112 valence electrons. The molecule has 0 aliphatic carbocycles. The SMILES string of the molecule is CCNCc1ccc(Oc2ccc(OC)cc2Br)c(C)c1. The van der Waals surface area contributed by atoms with Crippen LogP contribution in [0.5, 0.6) is 17.2 Å². The Bertz CT molecular complexity index is 614. The normalized spacial score (nSPS) is 10.5. The zero-order valence-corrected chi connectivity index (χ0v) is 14.2. The number of hydrogen-bond acceptors (Lipinski definition) is 3. The van der Waals surface area contributed by atoms with Crippen LogP contribution in [-0.2, 0) is 6.54 Å². The van der Waals surface area contributed by atoms with Gasteiger partial charge in [0, 0.05) is 6.54 Å². The molecule has 0 spiro atoms. The fourth-order valence-electron chi connectivity index (χ4n) is 2.02. The average molecular weight is 350 g/mol. The van der Waals surface area contributed by atoms with Gasteiger partial charge in [0.25, 0.3) is 0 Å². The molecule has 4 heteroatoms. The molecule has 0 atom stereocenters. The van der Waals surface area contributed by atoms with Gasteiger partial charge in [-0.2, -0.15) is 0 Å². The van der Waals surface area contributed by atoms with E-state index in [0.29, 0.717) is 0 Å². The fourth-order valence-corrected chi connectivity index (χ4v) is 2.45. The van der Waals surface area contributed by atoms with E-state index < -0.39 is 0 Å². The van der Waals surface area contributed by atoms with Crippen LogP contribution >= 0.6 is 15.9 Å². The summed E-state index contributed by atoms with van der Waals surface area (Å²) in [6, 6.07) is 11.9. The van der Waals surface area contributed by atoms with Gasteiger partial charge in [-0.3, -0.25) is 0 Å². The summed E-state index contributed by atoms with van der Waals surface area (Å²) in [5.41, 5.74) is 2.38. The van der Waals surface area contributed by atoms with Crippen LogP contribution in [0.1, 0.15) is 18.1 Å². The van der Waals surface area contributed by atoms with Crippen molar-refractivity contribution in [2.45, 2.75) is 20.4 Å². The zero-order valence-electron chi connectivity index (χ0n) is 12.6. The molecule has 0 aliphatic rings. The molecular formula is C17H20BrNO2. The van der Waals surface area contributed by atoms with E-state index in [4.69, 9.17) is 9.47 Å². The van der Waals surface area contributed by atoms with Crippen LogP contribution in [0, 0.1) is 6.92 Å². The Kier molecular flexibility index (Phi) is 5.65. The van der Waals surface area contributed by atoms with Crippen molar-refractivity contribution in [1.29, 1.82) is 0 Å². The lowest BCUT2D eigenvalue weighted by molar-refractivity contribution is 0.412. The molecule has 0 radical (unpaired) electrons. The van der Waals surface area contributed by atoms with Crippen molar-refractivity contribution in [3.63, 3.8) is 0 Å². The molecule has 0 bridgehead atoms. The van der Waals surface area contributed by atoms with E-state index in [1.807, 2.05) is 24.3 Å². The van der Waals surface area contributed by atoms with Crippen LogP contribution in [0.25, 0.3) is 0 Å². The van der Waals surface area contributed by atoms with Crippen molar-refractivity contribution in [2.75, 3.05) is 13.7 Å². The highest BCUT2D eigenvalue weighted by Crippen LogP contribution is 2.34. The molecular weight excluding hydrogens is 330 g/mol. The number of methoxy groups -OCH3 is 1. The number of aryl methyl sites for hydroxylation is 1. The summed E-state index contributed by atoms with van der Waals surface area (Å²) >= 11 is 3.50. The lowest BCUT2D eigenvalue weighted by atomic mass is 10.1. The van der Waals surface area contributed by atoms with E-state index in [0.717, 1.165) is 40.4 Å². The lowest BCUT2D eigenvalue weighted by Crippen LogP contribution is -2.11. The highest BCUT2D eigenvalue weighted by atomic mass is 79.9. The third-order valence-electron chi connectivity index (χ3n) is 3.18. The Hall–Kier alpha value is -1.52. The first kappa shape index (κ1) is 15.9. The van der Waals surface area contributed by atoms with Gasteiger partial charge in [0.05, 0.1) is 11.6 Å². The Morgan fingerprint density at radius 3 is 2.48 bits per heavy atom. The van der Waals surface area contributed by atoms with Crippen molar-refractivity contribution < 1.29 is 9.47 Å². The number of hydrogen-bond donors (Lipinski definition) is 1. The lowest BCUT2D eigenvalue weighted by Gasteiger charge is -2.12. The molecule has 0 saturated heterocycles. The molecule has 0 heterocycles. The quantitative estimate of drug-likeness (QED) is 0.821. The zero-order chi connectivity index (χ0) is 15.2. The van der Waals surface area contributed by atoms with E-state index in [9.17, 15) is 0 Å². The molecule has 2 aromatic rings. The smallest absolute Gasteiger partial charge is 0.141 e. The molecule has 0 unspecified atom stereocenters. The van der Waals surface area contributed by atoms with Gasteiger partial charge in [0.2, 0.25) is 0 Å². The Labute approximate surface area is 134 Å². The largest absolute Gasteiger partial charge is 0.497 e. The maximum atomic E-state index is 5.98. The molecule has 0 saturated carbocycles. The van der Waals surface area contributed by atoms with Gasteiger partial charge in [-0.05, 0) is 64.8 Å². The molecule has 2 rings (SSSR count). The van der Waals surface area contributed by atoms with Crippen molar-refractivity contribution in [2.24, 2.45) is 0 Å². The van der Waals surface area contributed by atoms with E-state index in [1.165, 1.54) is 5.56 Å². The standard InChI is InChI=1S/C17H20BrNO2/c1-4-19-11-13-5-7-16(12(2)9-13)21-17-8-6-14(20-3)10-15(17)18/h5-10,19H,4,11H2,1-3H3. The summed E-state index contributed by atoms with van der Waals surface area (Å²) in [6.45, 7) is 6.01. The minimum Gasteiger partial charge on any atom is -0.497 e. The summed E-state index contributed by atoms with van der Waals surface area (Å²) in [6.07, 6.45) is 0. The van der Waals surface area contributed by atoms with Crippen LogP contribution < -0.4 is 14.8 Å². The third kappa shape index (κ3) is 4.22. The topological polar surface area (TPSA) is 30.5 Å². The predicted molar refractivity (Wildman–Crippen MR) is 89.3 cm³/mol. The van der Waals surface area contributed by atoms with Crippen molar-refractivity contribution >= 4 is 15.9 Å². The van der Waals surface area contributed by atoms with Gasteiger partial charge in [-0.25, -0.2) is 0 Å². The first-order valence-corrected chi connectivity index (χ1v) is 7.75. The predicted octanol–water partition coefficient (Wildman–Crippen LogP) is 4.67. The summed E-state index contributed by atoms with van der Waals surface area (Å²) in [7, 11) is 1.65. The van der Waals surface area contributed by atoms with E-state index >= 15 is 0 Å². The number of halogens is 1. The molecule has 0 aliphatic heterocycles. The van der Waals surface area contributed by atoms with Crippen LogP contribution in [0.4, 0.5) is 0 Å². The van der Waals surface area contributed by atoms with Gasteiger partial charge in [0.15, 0.2) is 0 Å². The average Bonchev–Trinajstić information content (AvgIpc) is 2.49. The Morgan fingerprint density at radius 2 is 1.86 bits per heavy atom. The van der Waals surface area contributed by atoms with Crippen LogP contribution in [-0.4, -0.2) is 13.7 Å². The van der Waals surface area contributed by atoms with Crippen LogP contribution in [0.3, 0.4) is 0 Å². The van der Waals surface area contributed by atoms with Gasteiger partial charge in [-0.1, -0.05) is 19.1 Å². The minimum absolute atomic E-state index is 0.776. The number of rotatable bonds is 6. The maximum Gasteiger partial charge on any atom is 0.141 e. The number of ether oxygens (including phenoxy) is 2. The number of nitrogens with one attached hydrogen (secondary N) is 1. The molecule has 21 heavy (non-hydrogen) atoms. The summed E-state index contributed by atoms with van der Waals surface area (Å²) in [5, 5.41) is 3.32. The molecule has 2 aromatic carbocycles. The van der Waals surface area contributed by atoms with Gasteiger partial charge >= 0.3 is 0 Å². The first-order valence-electron chi connectivity index (χ1n) is 6.95. The van der Waals surface area contributed by atoms with Crippen LogP contribution in [0.15, 0.2) is 40.9 Å². The summed E-state index contributed by atoms with van der Waals surface area (Å²) in [4.78, 5) is 0. The van der Waals surface area contributed by atoms with Crippen molar-refractivity contribution in [1.82, 2.24) is 5.32 Å². The first-order chi connectivity index (χ1) is 10.1. The maximum absolute atomic E-state index is 5.98.